The molecule has 0 aromatic heterocycles. The van der Waals surface area contributed by atoms with Crippen LogP contribution in [0.5, 0.6) is 0 Å². The number of nitrogens with zero attached hydrogens (tertiary/aromatic N) is 1. The molecule has 0 spiro atoms. The van der Waals surface area contributed by atoms with Crippen LogP contribution in [0, 0.1) is 0 Å². The molecule has 0 saturated heterocycles. The summed E-state index contributed by atoms with van der Waals surface area (Å²) >= 11 is 0. The van der Waals surface area contributed by atoms with Gasteiger partial charge in [-0.2, -0.15) is 0 Å². The van der Waals surface area contributed by atoms with Crippen LogP contribution in [-0.4, -0.2) is 30.0 Å². The Morgan fingerprint density at radius 1 is 1.73 bits per heavy atom. The number of amides is 1. The standard InChI is InChI=1S/C7H15N3O/c1-5(7(8)11)9-10(2)6-3-4-6/h5-6,9H,3-4H2,1-2H3,(H2,8,11). The first-order valence-corrected chi connectivity index (χ1v) is 3.89. The van der Waals surface area contributed by atoms with Gasteiger partial charge in [-0.25, -0.2) is 10.4 Å². The first-order chi connectivity index (χ1) is 5.11. The highest BCUT2D eigenvalue weighted by atomic mass is 16.1. The normalized spacial score (nSPS) is 20.3. The van der Waals surface area contributed by atoms with Gasteiger partial charge in [-0.15, -0.1) is 0 Å². The van der Waals surface area contributed by atoms with Gasteiger partial charge in [-0.3, -0.25) is 4.79 Å². The van der Waals surface area contributed by atoms with Crippen molar-refractivity contribution >= 4 is 5.91 Å². The van der Waals surface area contributed by atoms with Gasteiger partial charge >= 0.3 is 0 Å². The van der Waals surface area contributed by atoms with Crippen molar-refractivity contribution in [2.45, 2.75) is 31.8 Å². The molecule has 0 heterocycles. The molecule has 1 unspecified atom stereocenters. The molecular weight excluding hydrogens is 142 g/mol. The highest BCUT2D eigenvalue weighted by Crippen LogP contribution is 2.23. The van der Waals surface area contributed by atoms with Crippen LogP contribution in [0.4, 0.5) is 0 Å². The zero-order valence-corrected chi connectivity index (χ0v) is 7.00. The average Bonchev–Trinajstić information content (AvgIpc) is 2.67. The predicted molar refractivity (Wildman–Crippen MR) is 42.6 cm³/mol. The van der Waals surface area contributed by atoms with E-state index in [0.29, 0.717) is 6.04 Å². The van der Waals surface area contributed by atoms with E-state index in [9.17, 15) is 4.79 Å². The van der Waals surface area contributed by atoms with Crippen LogP contribution in [0.3, 0.4) is 0 Å². The minimum absolute atomic E-state index is 0.263. The van der Waals surface area contributed by atoms with Gasteiger partial charge in [0, 0.05) is 13.1 Å². The molecule has 1 atom stereocenters. The Kier molecular flexibility index (Phi) is 2.46. The maximum atomic E-state index is 10.6. The second kappa shape index (κ2) is 3.19. The minimum Gasteiger partial charge on any atom is -0.368 e. The van der Waals surface area contributed by atoms with E-state index in [1.165, 1.54) is 12.8 Å². The van der Waals surface area contributed by atoms with Crippen LogP contribution >= 0.6 is 0 Å². The van der Waals surface area contributed by atoms with Gasteiger partial charge in [0.1, 0.15) is 0 Å². The summed E-state index contributed by atoms with van der Waals surface area (Å²) in [5.41, 5.74) is 8.08. The number of rotatable bonds is 4. The number of hydrogen-bond acceptors (Lipinski definition) is 3. The predicted octanol–water partition coefficient (Wildman–Crippen LogP) is -0.541. The molecule has 64 valence electrons. The molecule has 0 radical (unpaired) electrons. The number of carbonyl (C=O) groups excluding carboxylic acids is 1. The van der Waals surface area contributed by atoms with Crippen molar-refractivity contribution in [2.24, 2.45) is 5.73 Å². The fourth-order valence-electron chi connectivity index (χ4n) is 0.936. The van der Waals surface area contributed by atoms with E-state index in [1.54, 1.807) is 6.92 Å². The van der Waals surface area contributed by atoms with Crippen molar-refractivity contribution in [2.75, 3.05) is 7.05 Å². The summed E-state index contributed by atoms with van der Waals surface area (Å²) in [5.74, 6) is -0.308. The lowest BCUT2D eigenvalue weighted by atomic mass is 10.3. The third-order valence-corrected chi connectivity index (χ3v) is 1.92. The summed E-state index contributed by atoms with van der Waals surface area (Å²) in [6.07, 6.45) is 2.43. The van der Waals surface area contributed by atoms with Crippen molar-refractivity contribution in [3.8, 4) is 0 Å². The Morgan fingerprint density at radius 2 is 2.27 bits per heavy atom. The lowest BCUT2D eigenvalue weighted by Gasteiger charge is -2.20. The van der Waals surface area contributed by atoms with Crippen molar-refractivity contribution in [1.82, 2.24) is 10.4 Å². The molecule has 4 nitrogen and oxygen atoms in total. The van der Waals surface area contributed by atoms with Gasteiger partial charge in [0.05, 0.1) is 6.04 Å². The lowest BCUT2D eigenvalue weighted by molar-refractivity contribution is -0.120. The molecule has 0 aromatic carbocycles. The van der Waals surface area contributed by atoms with Gasteiger partial charge in [0.15, 0.2) is 0 Å². The molecule has 3 N–H and O–H groups in total. The maximum Gasteiger partial charge on any atom is 0.235 e. The van der Waals surface area contributed by atoms with Crippen LogP contribution in [0.25, 0.3) is 0 Å². The van der Waals surface area contributed by atoms with Crippen LogP contribution in [0.1, 0.15) is 19.8 Å². The summed E-state index contributed by atoms with van der Waals surface area (Å²) in [6, 6.07) is 0.345. The van der Waals surface area contributed by atoms with Gasteiger partial charge in [0.25, 0.3) is 0 Å². The number of nitrogens with two attached hydrogens (primary N) is 1. The summed E-state index contributed by atoms with van der Waals surface area (Å²) < 4.78 is 0. The van der Waals surface area contributed by atoms with Crippen molar-refractivity contribution < 1.29 is 4.79 Å². The quantitative estimate of drug-likeness (QED) is 0.539. The zero-order chi connectivity index (χ0) is 8.43. The third-order valence-electron chi connectivity index (χ3n) is 1.92. The Balaban J connectivity index is 2.22. The molecule has 1 aliphatic carbocycles. The fourth-order valence-corrected chi connectivity index (χ4v) is 0.936. The number of hydrazine groups is 1. The molecule has 4 heteroatoms. The molecule has 1 fully saturated rings. The molecule has 1 rings (SSSR count). The Morgan fingerprint density at radius 3 is 2.64 bits per heavy atom. The average molecular weight is 157 g/mol. The second-order valence-corrected chi connectivity index (χ2v) is 3.10. The molecule has 1 aliphatic rings. The summed E-state index contributed by atoms with van der Waals surface area (Å²) in [5, 5.41) is 1.97. The smallest absolute Gasteiger partial charge is 0.235 e. The van der Waals surface area contributed by atoms with E-state index in [-0.39, 0.29) is 11.9 Å². The van der Waals surface area contributed by atoms with Gasteiger partial charge in [-0.05, 0) is 19.8 Å². The summed E-state index contributed by atoms with van der Waals surface area (Å²) in [6.45, 7) is 1.77. The summed E-state index contributed by atoms with van der Waals surface area (Å²) in [7, 11) is 1.94. The van der Waals surface area contributed by atoms with Gasteiger partial charge < -0.3 is 5.73 Å². The van der Waals surface area contributed by atoms with E-state index in [1.807, 2.05) is 12.1 Å². The molecule has 11 heavy (non-hydrogen) atoms. The van der Waals surface area contributed by atoms with E-state index < -0.39 is 0 Å². The fraction of sp³-hybridized carbons (Fsp3) is 0.857. The first-order valence-electron chi connectivity index (χ1n) is 3.89. The van der Waals surface area contributed by atoms with Crippen molar-refractivity contribution in [1.29, 1.82) is 0 Å². The summed E-state index contributed by atoms with van der Waals surface area (Å²) in [4.78, 5) is 10.6. The number of hydrogen-bond donors (Lipinski definition) is 2. The van der Waals surface area contributed by atoms with Crippen LogP contribution in [0.2, 0.25) is 0 Å². The lowest BCUT2D eigenvalue weighted by Crippen LogP contribution is -2.48. The highest BCUT2D eigenvalue weighted by Gasteiger charge is 2.27. The van der Waals surface area contributed by atoms with E-state index in [0.717, 1.165) is 0 Å². The molecule has 0 aromatic rings. The number of nitrogens with one attached hydrogen (secondary N) is 1. The second-order valence-electron chi connectivity index (χ2n) is 3.10. The monoisotopic (exact) mass is 157 g/mol. The maximum absolute atomic E-state index is 10.6. The van der Waals surface area contributed by atoms with E-state index in [4.69, 9.17) is 5.73 Å². The first kappa shape index (κ1) is 8.49. The molecule has 1 saturated carbocycles. The number of primary amides is 1. The third kappa shape index (κ3) is 2.48. The topological polar surface area (TPSA) is 58.4 Å². The van der Waals surface area contributed by atoms with Crippen LogP contribution in [-0.2, 0) is 4.79 Å². The molecular formula is C7H15N3O. The van der Waals surface area contributed by atoms with Crippen LogP contribution < -0.4 is 11.2 Å². The Hall–Kier alpha value is -0.610. The SMILES string of the molecule is CC(NN(C)C1CC1)C(N)=O. The minimum atomic E-state index is -0.308. The van der Waals surface area contributed by atoms with Gasteiger partial charge in [-0.1, -0.05) is 0 Å². The van der Waals surface area contributed by atoms with Crippen LogP contribution in [0.15, 0.2) is 0 Å². The Labute approximate surface area is 66.7 Å². The van der Waals surface area contributed by atoms with Crippen molar-refractivity contribution in [3.05, 3.63) is 0 Å². The molecule has 0 aliphatic heterocycles. The molecule has 0 bridgehead atoms. The largest absolute Gasteiger partial charge is 0.368 e. The zero-order valence-electron chi connectivity index (χ0n) is 7.00. The van der Waals surface area contributed by atoms with Crippen molar-refractivity contribution in [3.63, 3.8) is 0 Å². The highest BCUT2D eigenvalue weighted by molar-refractivity contribution is 5.79. The van der Waals surface area contributed by atoms with Gasteiger partial charge in [0.2, 0.25) is 5.91 Å². The number of carbonyl (C=O) groups is 1. The molecule has 1 amide bonds. The Bertz CT molecular complexity index is 156. The van der Waals surface area contributed by atoms with E-state index in [2.05, 4.69) is 5.43 Å². The van der Waals surface area contributed by atoms with E-state index >= 15 is 0 Å².